The van der Waals surface area contributed by atoms with Crippen molar-refractivity contribution in [3.8, 4) is 0 Å². The second-order valence-corrected chi connectivity index (χ2v) is 7.64. The zero-order valence-electron chi connectivity index (χ0n) is 15.7. The first-order chi connectivity index (χ1) is 13.3. The van der Waals surface area contributed by atoms with E-state index in [-0.39, 0.29) is 11.9 Å². The van der Waals surface area contributed by atoms with Crippen molar-refractivity contribution >= 4 is 5.91 Å². The van der Waals surface area contributed by atoms with Crippen molar-refractivity contribution in [2.24, 2.45) is 5.92 Å². The molecule has 2 aliphatic rings. The lowest BCUT2D eigenvalue weighted by molar-refractivity contribution is 0.0686. The van der Waals surface area contributed by atoms with Gasteiger partial charge in [0.15, 0.2) is 0 Å². The number of aryl methyl sites for hydroxylation is 1. The lowest BCUT2D eigenvalue weighted by Crippen LogP contribution is -2.38. The normalized spacial score (nSPS) is 20.7. The molecule has 2 saturated heterocycles. The number of carbonyl (C=O) groups is 1. The van der Waals surface area contributed by atoms with Crippen molar-refractivity contribution in [3.05, 3.63) is 65.5 Å². The SMILES string of the molecule is O=C(c1ccc(C2CCNN2)nc1)N1CCC(CCc2ccccc2)CC1. The molecule has 2 aliphatic heterocycles. The van der Waals surface area contributed by atoms with Gasteiger partial charge in [0.2, 0.25) is 0 Å². The molecule has 1 unspecified atom stereocenters. The molecule has 0 radical (unpaired) electrons. The van der Waals surface area contributed by atoms with Crippen LogP contribution in [-0.2, 0) is 6.42 Å². The molecule has 0 aliphatic carbocycles. The van der Waals surface area contributed by atoms with Crippen molar-refractivity contribution < 1.29 is 4.79 Å². The summed E-state index contributed by atoms with van der Waals surface area (Å²) < 4.78 is 0. The Bertz CT molecular complexity index is 733. The van der Waals surface area contributed by atoms with Gasteiger partial charge in [-0.05, 0) is 55.7 Å². The molecule has 1 amide bonds. The first-order valence-electron chi connectivity index (χ1n) is 10.1. The van der Waals surface area contributed by atoms with Gasteiger partial charge in [0.05, 0.1) is 17.3 Å². The molecule has 5 heteroatoms. The molecule has 1 aromatic carbocycles. The van der Waals surface area contributed by atoms with Crippen molar-refractivity contribution in [2.45, 2.75) is 38.1 Å². The maximum Gasteiger partial charge on any atom is 0.255 e. The summed E-state index contributed by atoms with van der Waals surface area (Å²) in [6.07, 6.45) is 7.30. The Balaban J connectivity index is 1.27. The van der Waals surface area contributed by atoms with Crippen molar-refractivity contribution in [1.82, 2.24) is 20.7 Å². The third-order valence-corrected chi connectivity index (χ3v) is 5.81. The number of carbonyl (C=O) groups excluding carboxylic acids is 1. The topological polar surface area (TPSA) is 57.3 Å². The highest BCUT2D eigenvalue weighted by Crippen LogP contribution is 2.24. The molecule has 1 aromatic heterocycles. The van der Waals surface area contributed by atoms with Gasteiger partial charge in [-0.25, -0.2) is 5.43 Å². The Morgan fingerprint density at radius 3 is 2.56 bits per heavy atom. The van der Waals surface area contributed by atoms with E-state index in [0.717, 1.165) is 56.9 Å². The predicted molar refractivity (Wildman–Crippen MR) is 106 cm³/mol. The van der Waals surface area contributed by atoms with E-state index >= 15 is 0 Å². The summed E-state index contributed by atoms with van der Waals surface area (Å²) in [5.41, 5.74) is 9.43. The molecule has 3 heterocycles. The number of nitrogens with zero attached hydrogens (tertiary/aromatic N) is 2. The van der Waals surface area contributed by atoms with E-state index in [0.29, 0.717) is 5.56 Å². The molecule has 2 N–H and O–H groups in total. The summed E-state index contributed by atoms with van der Waals surface area (Å²) in [5.74, 6) is 0.837. The number of pyridine rings is 1. The van der Waals surface area contributed by atoms with Crippen LogP contribution in [-0.4, -0.2) is 35.4 Å². The fourth-order valence-electron chi connectivity index (χ4n) is 4.07. The van der Waals surface area contributed by atoms with Gasteiger partial charge in [0, 0.05) is 25.8 Å². The molecule has 0 bridgehead atoms. The van der Waals surface area contributed by atoms with Crippen LogP contribution < -0.4 is 10.9 Å². The van der Waals surface area contributed by atoms with Gasteiger partial charge in [0.1, 0.15) is 0 Å². The number of hydrogen-bond acceptors (Lipinski definition) is 4. The Labute approximate surface area is 161 Å². The average Bonchev–Trinajstić information content (AvgIpc) is 3.28. The molecular formula is C22H28N4O. The number of rotatable bonds is 5. The van der Waals surface area contributed by atoms with Crippen LogP contribution in [0, 0.1) is 5.92 Å². The molecule has 0 spiro atoms. The highest BCUT2D eigenvalue weighted by Gasteiger charge is 2.24. The quantitative estimate of drug-likeness (QED) is 0.856. The molecule has 5 nitrogen and oxygen atoms in total. The molecule has 27 heavy (non-hydrogen) atoms. The largest absolute Gasteiger partial charge is 0.339 e. The average molecular weight is 364 g/mol. The number of aromatic nitrogens is 1. The Morgan fingerprint density at radius 1 is 1.07 bits per heavy atom. The molecule has 2 fully saturated rings. The zero-order chi connectivity index (χ0) is 18.5. The molecule has 1 atom stereocenters. The third-order valence-electron chi connectivity index (χ3n) is 5.81. The number of hydrogen-bond donors (Lipinski definition) is 2. The van der Waals surface area contributed by atoms with Gasteiger partial charge in [-0.15, -0.1) is 0 Å². The Kier molecular flexibility index (Phi) is 5.80. The summed E-state index contributed by atoms with van der Waals surface area (Å²) in [5, 5.41) is 0. The number of amides is 1. The van der Waals surface area contributed by atoms with E-state index in [1.54, 1.807) is 6.20 Å². The van der Waals surface area contributed by atoms with Gasteiger partial charge < -0.3 is 4.90 Å². The van der Waals surface area contributed by atoms with Crippen molar-refractivity contribution in [3.63, 3.8) is 0 Å². The monoisotopic (exact) mass is 364 g/mol. The summed E-state index contributed by atoms with van der Waals surface area (Å²) in [6, 6.07) is 14.8. The van der Waals surface area contributed by atoms with E-state index in [9.17, 15) is 4.79 Å². The van der Waals surface area contributed by atoms with Crippen LogP contribution in [0.3, 0.4) is 0 Å². The van der Waals surface area contributed by atoms with Crippen LogP contribution >= 0.6 is 0 Å². The Hall–Kier alpha value is -2.24. The van der Waals surface area contributed by atoms with E-state index in [1.807, 2.05) is 17.0 Å². The zero-order valence-corrected chi connectivity index (χ0v) is 15.7. The van der Waals surface area contributed by atoms with Gasteiger partial charge in [-0.2, -0.15) is 0 Å². The summed E-state index contributed by atoms with van der Waals surface area (Å²) in [4.78, 5) is 19.3. The number of likely N-dealkylation sites (tertiary alicyclic amines) is 1. The maximum atomic E-state index is 12.8. The minimum absolute atomic E-state index is 0.119. The fraction of sp³-hybridized carbons (Fsp3) is 0.455. The van der Waals surface area contributed by atoms with Gasteiger partial charge >= 0.3 is 0 Å². The second kappa shape index (κ2) is 8.63. The fourth-order valence-corrected chi connectivity index (χ4v) is 4.07. The first kappa shape index (κ1) is 18.1. The molecule has 0 saturated carbocycles. The van der Waals surface area contributed by atoms with Crippen LogP contribution in [0.15, 0.2) is 48.7 Å². The number of piperidine rings is 1. The molecular weight excluding hydrogens is 336 g/mol. The highest BCUT2D eigenvalue weighted by atomic mass is 16.2. The molecule has 4 rings (SSSR count). The number of nitrogens with one attached hydrogen (secondary N) is 2. The Morgan fingerprint density at radius 2 is 1.89 bits per heavy atom. The van der Waals surface area contributed by atoms with E-state index in [4.69, 9.17) is 0 Å². The predicted octanol–water partition coefficient (Wildman–Crippen LogP) is 3.11. The minimum Gasteiger partial charge on any atom is -0.339 e. The third kappa shape index (κ3) is 4.54. The second-order valence-electron chi connectivity index (χ2n) is 7.64. The summed E-state index contributed by atoms with van der Waals surface area (Å²) in [7, 11) is 0. The standard InChI is InChI=1S/C22H28N4O/c27-22(19-8-9-20(23-16-19)21-10-13-24-25-21)26-14-11-18(12-15-26)7-6-17-4-2-1-3-5-17/h1-5,8-9,16,18,21,24-25H,6-7,10-15H2. The lowest BCUT2D eigenvalue weighted by atomic mass is 9.90. The smallest absolute Gasteiger partial charge is 0.255 e. The first-order valence-corrected chi connectivity index (χ1v) is 10.1. The lowest BCUT2D eigenvalue weighted by Gasteiger charge is -2.32. The summed E-state index contributed by atoms with van der Waals surface area (Å²) in [6.45, 7) is 2.66. The highest BCUT2D eigenvalue weighted by molar-refractivity contribution is 5.94. The molecule has 2 aromatic rings. The van der Waals surface area contributed by atoms with Gasteiger partial charge in [-0.1, -0.05) is 30.3 Å². The molecule has 142 valence electrons. The number of benzene rings is 1. The van der Waals surface area contributed by atoms with Crippen LogP contribution in [0.2, 0.25) is 0 Å². The van der Waals surface area contributed by atoms with E-state index in [2.05, 4.69) is 46.2 Å². The van der Waals surface area contributed by atoms with Crippen molar-refractivity contribution in [1.29, 1.82) is 0 Å². The minimum atomic E-state index is 0.119. The van der Waals surface area contributed by atoms with Crippen LogP contribution in [0.5, 0.6) is 0 Å². The van der Waals surface area contributed by atoms with E-state index < -0.39 is 0 Å². The van der Waals surface area contributed by atoms with Crippen molar-refractivity contribution in [2.75, 3.05) is 19.6 Å². The van der Waals surface area contributed by atoms with Gasteiger partial charge in [0.25, 0.3) is 5.91 Å². The van der Waals surface area contributed by atoms with E-state index in [1.165, 1.54) is 12.0 Å². The van der Waals surface area contributed by atoms with Crippen LogP contribution in [0.4, 0.5) is 0 Å². The summed E-state index contributed by atoms with van der Waals surface area (Å²) >= 11 is 0. The number of hydrazine groups is 1. The van der Waals surface area contributed by atoms with Gasteiger partial charge in [-0.3, -0.25) is 15.2 Å². The van der Waals surface area contributed by atoms with Crippen LogP contribution in [0.25, 0.3) is 0 Å². The van der Waals surface area contributed by atoms with Crippen LogP contribution in [0.1, 0.15) is 53.3 Å². The maximum absolute atomic E-state index is 12.8.